The van der Waals surface area contributed by atoms with Crippen molar-refractivity contribution in [1.29, 1.82) is 0 Å². The van der Waals surface area contributed by atoms with Gasteiger partial charge in [-0.25, -0.2) is 4.98 Å². The molecule has 1 unspecified atom stereocenters. The summed E-state index contributed by atoms with van der Waals surface area (Å²) in [4.78, 5) is 22.0. The number of piperazine rings is 1. The number of carbonyl (C=O) groups is 1. The molecule has 0 saturated carbocycles. The second-order valence-electron chi connectivity index (χ2n) is 9.53. The van der Waals surface area contributed by atoms with E-state index in [9.17, 15) is 4.79 Å². The van der Waals surface area contributed by atoms with E-state index in [0.717, 1.165) is 54.4 Å². The van der Waals surface area contributed by atoms with E-state index in [0.29, 0.717) is 24.8 Å². The van der Waals surface area contributed by atoms with Gasteiger partial charge in [-0.3, -0.25) is 9.69 Å². The van der Waals surface area contributed by atoms with Gasteiger partial charge in [-0.05, 0) is 42.3 Å². The Hall–Kier alpha value is -4.10. The SMILES string of the molecule is COc1cccc(-c2nc3ccc(C4C=CC=CC4)cn3c2CN2CCN(C(=O)c3ccco3)CC2)c1. The summed E-state index contributed by atoms with van der Waals surface area (Å²) in [6, 6.07) is 15.9. The number of fused-ring (bicyclic) bond motifs is 1. The first kappa shape index (κ1) is 23.3. The smallest absolute Gasteiger partial charge is 0.289 e. The fraction of sp³-hybridized carbons (Fsp3) is 0.267. The number of nitrogens with zero attached hydrogens (tertiary/aromatic N) is 4. The van der Waals surface area contributed by atoms with Crippen molar-refractivity contribution < 1.29 is 13.9 Å². The maximum absolute atomic E-state index is 12.7. The number of furan rings is 1. The van der Waals surface area contributed by atoms with E-state index in [1.165, 1.54) is 5.56 Å². The van der Waals surface area contributed by atoms with Crippen LogP contribution in [0.1, 0.15) is 34.2 Å². The van der Waals surface area contributed by atoms with Crippen molar-refractivity contribution >= 4 is 11.6 Å². The molecule has 0 N–H and O–H groups in total. The number of methoxy groups -OCH3 is 1. The first-order valence-electron chi connectivity index (χ1n) is 12.7. The molecule has 1 atom stereocenters. The highest BCUT2D eigenvalue weighted by Crippen LogP contribution is 2.31. The molecule has 0 radical (unpaired) electrons. The maximum Gasteiger partial charge on any atom is 0.289 e. The second kappa shape index (κ2) is 10.1. The highest BCUT2D eigenvalue weighted by molar-refractivity contribution is 5.91. The van der Waals surface area contributed by atoms with Crippen LogP contribution in [0.25, 0.3) is 16.9 Å². The average Bonchev–Trinajstić information content (AvgIpc) is 3.62. The van der Waals surface area contributed by atoms with Gasteiger partial charge in [0, 0.05) is 50.4 Å². The number of amides is 1. The number of imidazole rings is 1. The molecular weight excluding hydrogens is 464 g/mol. The lowest BCUT2D eigenvalue weighted by Crippen LogP contribution is -2.48. The van der Waals surface area contributed by atoms with Crippen LogP contribution in [0.5, 0.6) is 5.75 Å². The molecule has 0 spiro atoms. The molecule has 4 heterocycles. The Kier molecular flexibility index (Phi) is 6.37. The van der Waals surface area contributed by atoms with Crippen LogP contribution in [-0.4, -0.2) is 58.4 Å². The molecule has 1 amide bonds. The van der Waals surface area contributed by atoms with Crippen molar-refractivity contribution in [1.82, 2.24) is 19.2 Å². The summed E-state index contributed by atoms with van der Waals surface area (Å²) in [5.74, 6) is 1.52. The van der Waals surface area contributed by atoms with Crippen molar-refractivity contribution in [2.24, 2.45) is 0 Å². The summed E-state index contributed by atoms with van der Waals surface area (Å²) < 4.78 is 13.1. The van der Waals surface area contributed by atoms with E-state index in [1.54, 1.807) is 25.5 Å². The van der Waals surface area contributed by atoms with Crippen LogP contribution >= 0.6 is 0 Å². The van der Waals surface area contributed by atoms with Crippen LogP contribution in [0.3, 0.4) is 0 Å². The maximum atomic E-state index is 12.7. The topological polar surface area (TPSA) is 63.2 Å². The fourth-order valence-electron chi connectivity index (χ4n) is 5.19. The molecule has 1 aliphatic heterocycles. The summed E-state index contributed by atoms with van der Waals surface area (Å²) in [7, 11) is 1.69. The number of carbonyl (C=O) groups excluding carboxylic acids is 1. The van der Waals surface area contributed by atoms with E-state index in [2.05, 4.69) is 58.0 Å². The molecule has 4 aromatic rings. The molecule has 1 aromatic carbocycles. The minimum absolute atomic E-state index is 0.0456. The summed E-state index contributed by atoms with van der Waals surface area (Å²) >= 11 is 0. The molecule has 7 heteroatoms. The average molecular weight is 495 g/mol. The molecular formula is C30H30N4O3. The number of hydrogen-bond donors (Lipinski definition) is 0. The quantitative estimate of drug-likeness (QED) is 0.371. The highest BCUT2D eigenvalue weighted by atomic mass is 16.5. The zero-order chi connectivity index (χ0) is 25.2. The summed E-state index contributed by atoms with van der Waals surface area (Å²) in [6.07, 6.45) is 13.5. The molecule has 0 bridgehead atoms. The number of benzene rings is 1. The number of rotatable bonds is 6. The number of pyridine rings is 1. The Balaban J connectivity index is 1.31. The largest absolute Gasteiger partial charge is 0.497 e. The summed E-state index contributed by atoms with van der Waals surface area (Å²) in [5.41, 5.74) is 5.35. The highest BCUT2D eigenvalue weighted by Gasteiger charge is 2.26. The van der Waals surface area contributed by atoms with Crippen molar-refractivity contribution in [3.8, 4) is 17.0 Å². The monoisotopic (exact) mass is 494 g/mol. The van der Waals surface area contributed by atoms with Gasteiger partial charge in [0.1, 0.15) is 11.4 Å². The van der Waals surface area contributed by atoms with E-state index in [-0.39, 0.29) is 5.91 Å². The standard InChI is InChI=1S/C30H30N4O3/c1-36-25-10-5-9-23(19-25)29-26(21-32-14-16-33(17-15-32)30(35)27-11-6-18-37-27)34-20-24(12-13-28(34)31-29)22-7-3-2-4-8-22/h2-7,9-13,18-20,22H,8,14-17,21H2,1H3. The lowest BCUT2D eigenvalue weighted by atomic mass is 9.94. The van der Waals surface area contributed by atoms with Crippen LogP contribution in [0.15, 0.2) is 89.7 Å². The third kappa shape index (κ3) is 4.70. The zero-order valence-corrected chi connectivity index (χ0v) is 20.9. The molecule has 6 rings (SSSR count). The van der Waals surface area contributed by atoms with Gasteiger partial charge >= 0.3 is 0 Å². The van der Waals surface area contributed by atoms with Crippen LogP contribution in [-0.2, 0) is 6.54 Å². The summed E-state index contributed by atoms with van der Waals surface area (Å²) in [6.45, 7) is 3.63. The molecule has 1 saturated heterocycles. The Labute approximate surface area is 216 Å². The molecule has 7 nitrogen and oxygen atoms in total. The van der Waals surface area contributed by atoms with Gasteiger partial charge in [0.25, 0.3) is 5.91 Å². The van der Waals surface area contributed by atoms with E-state index >= 15 is 0 Å². The molecule has 1 fully saturated rings. The van der Waals surface area contributed by atoms with Gasteiger partial charge in [0.2, 0.25) is 0 Å². The van der Waals surface area contributed by atoms with Gasteiger partial charge in [0.05, 0.1) is 24.8 Å². The van der Waals surface area contributed by atoms with Crippen LogP contribution in [0, 0.1) is 0 Å². The van der Waals surface area contributed by atoms with Crippen LogP contribution in [0.4, 0.5) is 0 Å². The Morgan fingerprint density at radius 1 is 1.08 bits per heavy atom. The Morgan fingerprint density at radius 3 is 2.73 bits per heavy atom. The normalized spacial score (nSPS) is 18.0. The summed E-state index contributed by atoms with van der Waals surface area (Å²) in [5, 5.41) is 0. The van der Waals surface area contributed by atoms with Crippen molar-refractivity contribution in [3.63, 3.8) is 0 Å². The first-order chi connectivity index (χ1) is 18.2. The first-order valence-corrected chi connectivity index (χ1v) is 12.7. The minimum atomic E-state index is -0.0456. The zero-order valence-electron chi connectivity index (χ0n) is 20.9. The molecule has 2 aliphatic rings. The number of ether oxygens (including phenoxy) is 1. The Morgan fingerprint density at radius 2 is 1.97 bits per heavy atom. The van der Waals surface area contributed by atoms with Crippen molar-refractivity contribution in [3.05, 3.63) is 102 Å². The van der Waals surface area contributed by atoms with Gasteiger partial charge in [-0.15, -0.1) is 0 Å². The third-order valence-electron chi connectivity index (χ3n) is 7.26. The van der Waals surface area contributed by atoms with Crippen molar-refractivity contribution in [2.45, 2.75) is 18.9 Å². The minimum Gasteiger partial charge on any atom is -0.497 e. The van der Waals surface area contributed by atoms with Gasteiger partial charge in [0.15, 0.2) is 5.76 Å². The van der Waals surface area contributed by atoms with Gasteiger partial charge < -0.3 is 18.5 Å². The third-order valence-corrected chi connectivity index (χ3v) is 7.26. The van der Waals surface area contributed by atoms with Gasteiger partial charge in [-0.2, -0.15) is 0 Å². The van der Waals surface area contributed by atoms with E-state index in [4.69, 9.17) is 14.1 Å². The lowest BCUT2D eigenvalue weighted by molar-refractivity contribution is 0.0596. The van der Waals surface area contributed by atoms with Gasteiger partial charge in [-0.1, -0.05) is 42.5 Å². The predicted octanol–water partition coefficient (Wildman–Crippen LogP) is 5.16. The molecule has 1 aliphatic carbocycles. The van der Waals surface area contributed by atoms with Crippen LogP contribution in [0.2, 0.25) is 0 Å². The molecule has 3 aromatic heterocycles. The fourth-order valence-corrected chi connectivity index (χ4v) is 5.19. The molecule has 188 valence electrons. The number of aromatic nitrogens is 2. The van der Waals surface area contributed by atoms with E-state index < -0.39 is 0 Å². The number of hydrogen-bond acceptors (Lipinski definition) is 5. The Bertz CT molecular complexity index is 1460. The van der Waals surface area contributed by atoms with Crippen molar-refractivity contribution in [2.75, 3.05) is 33.3 Å². The second-order valence-corrected chi connectivity index (χ2v) is 9.53. The van der Waals surface area contributed by atoms with Crippen LogP contribution < -0.4 is 4.74 Å². The lowest BCUT2D eigenvalue weighted by Gasteiger charge is -2.34. The van der Waals surface area contributed by atoms with E-state index in [1.807, 2.05) is 23.1 Å². The predicted molar refractivity (Wildman–Crippen MR) is 143 cm³/mol. The molecule has 37 heavy (non-hydrogen) atoms. The number of allylic oxidation sites excluding steroid dienone is 4.